The van der Waals surface area contributed by atoms with Gasteiger partial charge in [-0.3, -0.25) is 4.79 Å². The standard InChI is InChI=1S/C17H21N3O3/c1-12-18-16(23-19-12)14-9-4-3-7-11-20(14)17(21)13-8-5-6-10-15(13)22-2/h5-6,8,10,14H,3-4,7,9,11H2,1-2H3. The molecule has 6 heteroatoms. The number of hydrogen-bond donors (Lipinski definition) is 0. The van der Waals surface area contributed by atoms with Crippen molar-refractivity contribution in [3.63, 3.8) is 0 Å². The minimum absolute atomic E-state index is 0.0507. The third-order valence-electron chi connectivity index (χ3n) is 4.18. The number of likely N-dealkylation sites (tertiary alicyclic amines) is 1. The number of carbonyl (C=O) groups is 1. The Bertz CT molecular complexity index is 683. The molecule has 6 nitrogen and oxygen atoms in total. The molecular weight excluding hydrogens is 294 g/mol. The first-order chi connectivity index (χ1) is 11.2. The number of para-hydroxylation sites is 1. The molecule has 1 saturated heterocycles. The van der Waals surface area contributed by atoms with E-state index >= 15 is 0 Å². The van der Waals surface area contributed by atoms with E-state index in [1.165, 1.54) is 0 Å². The highest BCUT2D eigenvalue weighted by Crippen LogP contribution is 2.32. The third-order valence-corrected chi connectivity index (χ3v) is 4.18. The molecule has 0 saturated carbocycles. The van der Waals surface area contributed by atoms with Crippen LogP contribution in [0.1, 0.15) is 53.8 Å². The topological polar surface area (TPSA) is 68.5 Å². The van der Waals surface area contributed by atoms with E-state index in [0.29, 0.717) is 29.6 Å². The molecule has 0 aliphatic carbocycles. The molecule has 1 atom stereocenters. The molecule has 1 amide bonds. The molecule has 122 valence electrons. The number of amides is 1. The van der Waals surface area contributed by atoms with Gasteiger partial charge >= 0.3 is 0 Å². The van der Waals surface area contributed by atoms with E-state index in [1.54, 1.807) is 26.2 Å². The van der Waals surface area contributed by atoms with Crippen LogP contribution in [0.4, 0.5) is 0 Å². The van der Waals surface area contributed by atoms with Crippen LogP contribution >= 0.6 is 0 Å². The summed E-state index contributed by atoms with van der Waals surface area (Å²) in [6.07, 6.45) is 3.95. The normalized spacial score (nSPS) is 18.5. The molecule has 1 aliphatic rings. The van der Waals surface area contributed by atoms with Gasteiger partial charge in [-0.1, -0.05) is 30.1 Å². The Labute approximate surface area is 135 Å². The lowest BCUT2D eigenvalue weighted by atomic mass is 10.1. The highest BCUT2D eigenvalue weighted by Gasteiger charge is 2.32. The van der Waals surface area contributed by atoms with Crippen molar-refractivity contribution >= 4 is 5.91 Å². The molecular formula is C17H21N3O3. The Morgan fingerprint density at radius 2 is 2.13 bits per heavy atom. The lowest BCUT2D eigenvalue weighted by Gasteiger charge is -2.28. The summed E-state index contributed by atoms with van der Waals surface area (Å²) in [6.45, 7) is 2.47. The van der Waals surface area contributed by atoms with E-state index < -0.39 is 0 Å². The first-order valence-corrected chi connectivity index (χ1v) is 7.95. The van der Waals surface area contributed by atoms with Crippen molar-refractivity contribution < 1.29 is 14.1 Å². The van der Waals surface area contributed by atoms with Gasteiger partial charge in [0.15, 0.2) is 5.82 Å². The van der Waals surface area contributed by atoms with E-state index in [9.17, 15) is 4.79 Å². The maximum Gasteiger partial charge on any atom is 0.258 e. The Hall–Kier alpha value is -2.37. The molecule has 1 unspecified atom stereocenters. The fourth-order valence-corrected chi connectivity index (χ4v) is 3.03. The monoisotopic (exact) mass is 315 g/mol. The molecule has 1 fully saturated rings. The Morgan fingerprint density at radius 1 is 1.30 bits per heavy atom. The summed E-state index contributed by atoms with van der Waals surface area (Å²) in [4.78, 5) is 19.3. The average molecular weight is 315 g/mol. The van der Waals surface area contributed by atoms with Crippen molar-refractivity contribution in [2.45, 2.75) is 38.6 Å². The van der Waals surface area contributed by atoms with Gasteiger partial charge < -0.3 is 14.2 Å². The van der Waals surface area contributed by atoms with Crippen LogP contribution in [0.2, 0.25) is 0 Å². The number of aryl methyl sites for hydroxylation is 1. The number of nitrogens with zero attached hydrogens (tertiary/aromatic N) is 3. The number of benzene rings is 1. The predicted molar refractivity (Wildman–Crippen MR) is 84.3 cm³/mol. The summed E-state index contributed by atoms with van der Waals surface area (Å²) in [5.74, 6) is 1.65. The second-order valence-electron chi connectivity index (χ2n) is 5.74. The SMILES string of the molecule is COc1ccccc1C(=O)N1CCCCCC1c1nc(C)no1. The Balaban J connectivity index is 1.94. The summed E-state index contributed by atoms with van der Waals surface area (Å²) >= 11 is 0. The van der Waals surface area contributed by atoms with Gasteiger partial charge in [-0.25, -0.2) is 0 Å². The molecule has 1 aliphatic heterocycles. The maximum atomic E-state index is 13.1. The molecule has 23 heavy (non-hydrogen) atoms. The molecule has 0 bridgehead atoms. The molecule has 0 radical (unpaired) electrons. The van der Waals surface area contributed by atoms with Crippen LogP contribution in [0.5, 0.6) is 5.75 Å². The maximum absolute atomic E-state index is 13.1. The molecule has 2 aromatic rings. The van der Waals surface area contributed by atoms with Gasteiger partial charge in [0.1, 0.15) is 11.8 Å². The van der Waals surface area contributed by atoms with E-state index in [4.69, 9.17) is 9.26 Å². The number of rotatable bonds is 3. The smallest absolute Gasteiger partial charge is 0.258 e. The van der Waals surface area contributed by atoms with Gasteiger partial charge in [0, 0.05) is 6.54 Å². The molecule has 0 spiro atoms. The van der Waals surface area contributed by atoms with Crippen LogP contribution in [0, 0.1) is 6.92 Å². The van der Waals surface area contributed by atoms with Gasteiger partial charge in [-0.05, 0) is 31.9 Å². The summed E-state index contributed by atoms with van der Waals surface area (Å²) in [6, 6.07) is 7.13. The van der Waals surface area contributed by atoms with Crippen LogP contribution in [0.15, 0.2) is 28.8 Å². The van der Waals surface area contributed by atoms with Crippen molar-refractivity contribution in [1.82, 2.24) is 15.0 Å². The van der Waals surface area contributed by atoms with E-state index in [-0.39, 0.29) is 11.9 Å². The van der Waals surface area contributed by atoms with Gasteiger partial charge in [0.2, 0.25) is 5.89 Å². The average Bonchev–Trinajstić information content (AvgIpc) is 2.86. The van der Waals surface area contributed by atoms with Crippen molar-refractivity contribution in [1.29, 1.82) is 0 Å². The predicted octanol–water partition coefficient (Wildman–Crippen LogP) is 3.14. The highest BCUT2D eigenvalue weighted by molar-refractivity contribution is 5.97. The largest absolute Gasteiger partial charge is 0.496 e. The Kier molecular flexibility index (Phi) is 4.60. The second-order valence-corrected chi connectivity index (χ2v) is 5.74. The number of aromatic nitrogens is 2. The minimum atomic E-state index is -0.170. The zero-order chi connectivity index (χ0) is 16.2. The van der Waals surface area contributed by atoms with Crippen LogP contribution < -0.4 is 4.74 Å². The van der Waals surface area contributed by atoms with E-state index in [0.717, 1.165) is 25.7 Å². The number of carbonyl (C=O) groups excluding carboxylic acids is 1. The number of ether oxygens (including phenoxy) is 1. The first-order valence-electron chi connectivity index (χ1n) is 7.95. The van der Waals surface area contributed by atoms with Crippen molar-refractivity contribution in [2.75, 3.05) is 13.7 Å². The molecule has 3 rings (SSSR count). The van der Waals surface area contributed by atoms with Crippen LogP contribution in [-0.2, 0) is 0 Å². The summed E-state index contributed by atoms with van der Waals surface area (Å²) in [5.41, 5.74) is 0.568. The van der Waals surface area contributed by atoms with Crippen molar-refractivity contribution in [3.05, 3.63) is 41.5 Å². The van der Waals surface area contributed by atoms with Crippen LogP contribution in [0.25, 0.3) is 0 Å². The number of methoxy groups -OCH3 is 1. The van der Waals surface area contributed by atoms with Crippen LogP contribution in [-0.4, -0.2) is 34.6 Å². The molecule has 2 heterocycles. The quantitative estimate of drug-likeness (QED) is 0.870. The van der Waals surface area contributed by atoms with Gasteiger partial charge in [0.25, 0.3) is 5.91 Å². The second kappa shape index (κ2) is 6.81. The lowest BCUT2D eigenvalue weighted by Crippen LogP contribution is -2.35. The number of hydrogen-bond acceptors (Lipinski definition) is 5. The van der Waals surface area contributed by atoms with Crippen molar-refractivity contribution in [2.24, 2.45) is 0 Å². The van der Waals surface area contributed by atoms with Gasteiger partial charge in [0.05, 0.1) is 12.7 Å². The zero-order valence-electron chi connectivity index (χ0n) is 13.5. The van der Waals surface area contributed by atoms with E-state index in [2.05, 4.69) is 10.1 Å². The molecule has 0 N–H and O–H groups in total. The summed E-state index contributed by atoms with van der Waals surface area (Å²) < 4.78 is 10.7. The van der Waals surface area contributed by atoms with Crippen LogP contribution in [0.3, 0.4) is 0 Å². The van der Waals surface area contributed by atoms with Gasteiger partial charge in [-0.15, -0.1) is 0 Å². The Morgan fingerprint density at radius 3 is 2.87 bits per heavy atom. The lowest BCUT2D eigenvalue weighted by molar-refractivity contribution is 0.0641. The van der Waals surface area contributed by atoms with E-state index in [1.807, 2.05) is 17.0 Å². The molecule has 1 aromatic heterocycles. The minimum Gasteiger partial charge on any atom is -0.496 e. The third kappa shape index (κ3) is 3.21. The highest BCUT2D eigenvalue weighted by atomic mass is 16.5. The fourth-order valence-electron chi connectivity index (χ4n) is 3.03. The first kappa shape index (κ1) is 15.5. The van der Waals surface area contributed by atoms with Gasteiger partial charge in [-0.2, -0.15) is 4.98 Å². The summed E-state index contributed by atoms with van der Waals surface area (Å²) in [7, 11) is 1.58. The molecule has 1 aromatic carbocycles. The fraction of sp³-hybridized carbons (Fsp3) is 0.471. The summed E-state index contributed by atoms with van der Waals surface area (Å²) in [5, 5.41) is 3.87. The zero-order valence-corrected chi connectivity index (χ0v) is 13.5. The van der Waals surface area contributed by atoms with Crippen molar-refractivity contribution in [3.8, 4) is 5.75 Å².